The third-order valence-corrected chi connectivity index (χ3v) is 5.72. The van der Waals surface area contributed by atoms with Crippen molar-refractivity contribution in [2.45, 2.75) is 24.7 Å². The van der Waals surface area contributed by atoms with Crippen molar-refractivity contribution in [3.63, 3.8) is 0 Å². The third kappa shape index (κ3) is 4.46. The average Bonchev–Trinajstić information content (AvgIpc) is 3.14. The molecular formula is C25H26N2O4. The lowest BCUT2D eigenvalue weighted by Crippen LogP contribution is -2.36. The highest BCUT2D eigenvalue weighted by molar-refractivity contribution is 5.79. The number of aliphatic hydroxyl groups is 2. The molecule has 0 bridgehead atoms. The molecule has 2 atom stereocenters. The lowest BCUT2D eigenvalue weighted by Gasteiger charge is -2.19. The molecule has 6 nitrogen and oxygen atoms in total. The fourth-order valence-electron chi connectivity index (χ4n) is 4.02. The third-order valence-electron chi connectivity index (χ3n) is 5.72. The zero-order valence-electron chi connectivity index (χ0n) is 17.1. The van der Waals surface area contributed by atoms with Crippen molar-refractivity contribution in [1.82, 2.24) is 5.32 Å². The van der Waals surface area contributed by atoms with Crippen LogP contribution in [0.15, 0.2) is 72.8 Å². The molecule has 5 N–H and O–H groups in total. The van der Waals surface area contributed by atoms with Gasteiger partial charge in [-0.15, -0.1) is 0 Å². The summed E-state index contributed by atoms with van der Waals surface area (Å²) in [6, 6.07) is 23.2. The van der Waals surface area contributed by atoms with Gasteiger partial charge in [0, 0.05) is 19.0 Å². The number of carbonyl (C=O) groups is 1. The number of alkyl carbamates (subject to hydrolysis) is 1. The summed E-state index contributed by atoms with van der Waals surface area (Å²) in [6.07, 6.45) is -2.92. The molecule has 0 aromatic heterocycles. The van der Waals surface area contributed by atoms with E-state index in [0.29, 0.717) is 12.1 Å². The number of hydrogen-bond donors (Lipinski definition) is 4. The molecular weight excluding hydrogens is 392 g/mol. The first kappa shape index (κ1) is 21.1. The predicted molar refractivity (Wildman–Crippen MR) is 118 cm³/mol. The number of rotatable bonds is 7. The Morgan fingerprint density at radius 2 is 1.52 bits per heavy atom. The van der Waals surface area contributed by atoms with Crippen molar-refractivity contribution in [1.29, 1.82) is 0 Å². The van der Waals surface area contributed by atoms with Crippen molar-refractivity contribution >= 4 is 6.09 Å². The van der Waals surface area contributed by atoms with Crippen LogP contribution in [-0.2, 0) is 11.3 Å². The van der Waals surface area contributed by atoms with Crippen molar-refractivity contribution < 1.29 is 19.7 Å². The van der Waals surface area contributed by atoms with Crippen molar-refractivity contribution in [3.8, 4) is 11.1 Å². The second-order valence-electron chi connectivity index (χ2n) is 7.66. The van der Waals surface area contributed by atoms with Crippen molar-refractivity contribution in [2.24, 2.45) is 5.73 Å². The van der Waals surface area contributed by atoms with Gasteiger partial charge >= 0.3 is 6.09 Å². The molecule has 0 saturated carbocycles. The molecule has 0 aliphatic heterocycles. The molecule has 4 rings (SSSR count). The number of benzene rings is 3. The van der Waals surface area contributed by atoms with E-state index in [1.807, 2.05) is 24.3 Å². The summed E-state index contributed by atoms with van der Waals surface area (Å²) >= 11 is 0. The van der Waals surface area contributed by atoms with E-state index in [0.717, 1.165) is 27.8 Å². The van der Waals surface area contributed by atoms with Gasteiger partial charge in [-0.3, -0.25) is 0 Å². The molecule has 0 heterocycles. The number of hydrogen-bond acceptors (Lipinski definition) is 5. The van der Waals surface area contributed by atoms with Gasteiger partial charge < -0.3 is 26.0 Å². The zero-order valence-corrected chi connectivity index (χ0v) is 17.1. The Hall–Kier alpha value is -3.19. The highest BCUT2D eigenvalue weighted by Gasteiger charge is 2.29. The number of carbonyl (C=O) groups excluding carboxylic acids is 1. The molecule has 3 aromatic carbocycles. The minimum atomic E-state index is -1.16. The zero-order chi connectivity index (χ0) is 21.8. The van der Waals surface area contributed by atoms with E-state index >= 15 is 0 Å². The van der Waals surface area contributed by atoms with Crippen molar-refractivity contribution in [3.05, 3.63) is 95.1 Å². The van der Waals surface area contributed by atoms with E-state index in [4.69, 9.17) is 10.5 Å². The fraction of sp³-hybridized carbons (Fsp3) is 0.240. The summed E-state index contributed by atoms with van der Waals surface area (Å²) in [4.78, 5) is 12.2. The van der Waals surface area contributed by atoms with Gasteiger partial charge in [-0.2, -0.15) is 0 Å². The molecule has 160 valence electrons. The van der Waals surface area contributed by atoms with Gasteiger partial charge in [-0.25, -0.2) is 4.79 Å². The topological polar surface area (TPSA) is 105 Å². The van der Waals surface area contributed by atoms with Gasteiger partial charge in [0.1, 0.15) is 18.8 Å². The predicted octanol–water partition coefficient (Wildman–Crippen LogP) is 3.08. The van der Waals surface area contributed by atoms with Gasteiger partial charge in [0.25, 0.3) is 0 Å². The van der Waals surface area contributed by atoms with Gasteiger partial charge in [-0.05, 0) is 33.4 Å². The lowest BCUT2D eigenvalue weighted by atomic mass is 9.98. The first-order valence-electron chi connectivity index (χ1n) is 10.3. The van der Waals surface area contributed by atoms with Crippen LogP contribution in [0, 0.1) is 0 Å². The van der Waals surface area contributed by atoms with Crippen LogP contribution in [-0.4, -0.2) is 35.6 Å². The van der Waals surface area contributed by atoms with Crippen LogP contribution >= 0.6 is 0 Å². The molecule has 1 aliphatic carbocycles. The molecule has 2 unspecified atom stereocenters. The number of nitrogens with one attached hydrogen (secondary N) is 1. The summed E-state index contributed by atoms with van der Waals surface area (Å²) in [5.41, 5.74) is 11.6. The molecule has 31 heavy (non-hydrogen) atoms. The van der Waals surface area contributed by atoms with E-state index in [1.165, 1.54) is 0 Å². The van der Waals surface area contributed by atoms with E-state index < -0.39 is 18.3 Å². The van der Waals surface area contributed by atoms with E-state index in [9.17, 15) is 15.0 Å². The first-order chi connectivity index (χ1) is 15.1. The van der Waals surface area contributed by atoms with Crippen LogP contribution in [0.1, 0.15) is 34.3 Å². The smallest absolute Gasteiger partial charge is 0.407 e. The minimum absolute atomic E-state index is 0.0327. The Balaban J connectivity index is 1.32. The summed E-state index contributed by atoms with van der Waals surface area (Å²) in [5, 5.41) is 23.1. The molecule has 0 spiro atoms. The van der Waals surface area contributed by atoms with Crippen LogP contribution in [0.3, 0.4) is 0 Å². The molecule has 1 aliphatic rings. The minimum Gasteiger partial charge on any atom is -0.449 e. The summed E-state index contributed by atoms with van der Waals surface area (Å²) in [5.74, 6) is -0.0327. The molecule has 0 fully saturated rings. The number of nitrogens with two attached hydrogens (primary N) is 1. The second-order valence-corrected chi connectivity index (χ2v) is 7.66. The maximum atomic E-state index is 12.2. The Labute approximate surface area is 181 Å². The van der Waals surface area contributed by atoms with Gasteiger partial charge in [0.2, 0.25) is 0 Å². The SMILES string of the molecule is NCc1ccc(C(O)C(O)CNC(=O)OCC2c3ccccc3-c3ccccc32)cc1. The fourth-order valence-corrected chi connectivity index (χ4v) is 4.02. The number of amides is 1. The van der Waals surface area contributed by atoms with Crippen molar-refractivity contribution in [2.75, 3.05) is 13.2 Å². The summed E-state index contributed by atoms with van der Waals surface area (Å²) in [6.45, 7) is 0.470. The van der Waals surface area contributed by atoms with Crippen LogP contribution in [0.25, 0.3) is 11.1 Å². The molecule has 0 radical (unpaired) electrons. The molecule has 0 saturated heterocycles. The largest absolute Gasteiger partial charge is 0.449 e. The molecule has 3 aromatic rings. The Kier molecular flexibility index (Phi) is 6.32. The Morgan fingerprint density at radius 3 is 2.10 bits per heavy atom. The quantitative estimate of drug-likeness (QED) is 0.472. The maximum Gasteiger partial charge on any atom is 0.407 e. The monoisotopic (exact) mass is 418 g/mol. The molecule has 6 heteroatoms. The van der Waals surface area contributed by atoms with Crippen LogP contribution in [0.2, 0.25) is 0 Å². The number of ether oxygens (including phenoxy) is 1. The highest BCUT2D eigenvalue weighted by atomic mass is 16.5. The highest BCUT2D eigenvalue weighted by Crippen LogP contribution is 2.44. The summed E-state index contributed by atoms with van der Waals surface area (Å²) in [7, 11) is 0. The maximum absolute atomic E-state index is 12.2. The second kappa shape index (κ2) is 9.31. The number of fused-ring (bicyclic) bond motifs is 3. The van der Waals surface area contributed by atoms with Crippen LogP contribution in [0.4, 0.5) is 4.79 Å². The number of aliphatic hydroxyl groups excluding tert-OH is 2. The van der Waals surface area contributed by atoms with Crippen LogP contribution < -0.4 is 11.1 Å². The Bertz CT molecular complexity index is 1010. The van der Waals surface area contributed by atoms with E-state index in [-0.39, 0.29) is 19.1 Å². The lowest BCUT2D eigenvalue weighted by molar-refractivity contribution is 0.0185. The van der Waals surface area contributed by atoms with Crippen LogP contribution in [0.5, 0.6) is 0 Å². The summed E-state index contributed by atoms with van der Waals surface area (Å²) < 4.78 is 5.45. The van der Waals surface area contributed by atoms with E-state index in [2.05, 4.69) is 29.6 Å². The molecule has 1 amide bonds. The van der Waals surface area contributed by atoms with Gasteiger partial charge in [0.05, 0.1) is 0 Å². The Morgan fingerprint density at radius 1 is 0.935 bits per heavy atom. The normalized spacial score (nSPS) is 14.4. The first-order valence-corrected chi connectivity index (χ1v) is 10.3. The standard InChI is InChI=1S/C25H26N2O4/c26-13-16-9-11-17(12-10-16)24(29)23(28)14-27-25(30)31-15-22-20-7-3-1-5-18(20)19-6-2-4-8-21(19)22/h1-12,22-24,28-29H,13-15,26H2,(H,27,30). The van der Waals surface area contributed by atoms with E-state index in [1.54, 1.807) is 24.3 Å². The van der Waals surface area contributed by atoms with Gasteiger partial charge in [0.15, 0.2) is 0 Å². The van der Waals surface area contributed by atoms with Gasteiger partial charge in [-0.1, -0.05) is 72.8 Å². The average molecular weight is 418 g/mol.